The smallest absolute Gasteiger partial charge is 0.0213 e. The second-order valence-corrected chi connectivity index (χ2v) is 5.70. The zero-order valence-electron chi connectivity index (χ0n) is 9.39. The third-order valence-electron chi connectivity index (χ3n) is 3.50. The highest BCUT2D eigenvalue weighted by Gasteiger charge is 2.34. The van der Waals surface area contributed by atoms with E-state index in [2.05, 4.69) is 59.4 Å². The van der Waals surface area contributed by atoms with Gasteiger partial charge in [-0.25, -0.2) is 0 Å². The van der Waals surface area contributed by atoms with E-state index in [4.69, 9.17) is 0 Å². The van der Waals surface area contributed by atoms with Crippen LogP contribution in [-0.4, -0.2) is 12.6 Å². The molecule has 1 aromatic rings. The van der Waals surface area contributed by atoms with E-state index >= 15 is 0 Å². The van der Waals surface area contributed by atoms with Crippen molar-refractivity contribution in [3.63, 3.8) is 0 Å². The van der Waals surface area contributed by atoms with Crippen LogP contribution in [0.25, 0.3) is 0 Å². The van der Waals surface area contributed by atoms with Gasteiger partial charge < -0.3 is 5.32 Å². The van der Waals surface area contributed by atoms with Crippen LogP contribution in [0.3, 0.4) is 0 Å². The van der Waals surface area contributed by atoms with E-state index in [9.17, 15) is 0 Å². The summed E-state index contributed by atoms with van der Waals surface area (Å²) in [5, 5.41) is 3.60. The molecule has 0 spiro atoms. The summed E-state index contributed by atoms with van der Waals surface area (Å²) in [7, 11) is 0. The Morgan fingerprint density at radius 2 is 2.07 bits per heavy atom. The molecule has 15 heavy (non-hydrogen) atoms. The molecule has 0 radical (unpaired) electrons. The molecule has 0 aliphatic carbocycles. The van der Waals surface area contributed by atoms with Crippen molar-refractivity contribution in [3.05, 3.63) is 34.3 Å². The molecule has 0 saturated carbocycles. The molecule has 1 aliphatic rings. The highest BCUT2D eigenvalue weighted by Crippen LogP contribution is 2.35. The second-order valence-electron chi connectivity index (χ2n) is 4.85. The topological polar surface area (TPSA) is 12.0 Å². The molecule has 1 nitrogen and oxygen atoms in total. The van der Waals surface area contributed by atoms with Gasteiger partial charge >= 0.3 is 0 Å². The number of nitrogens with one attached hydrogen (secondary N) is 1. The van der Waals surface area contributed by atoms with Crippen LogP contribution in [-0.2, 0) is 5.41 Å². The van der Waals surface area contributed by atoms with Crippen molar-refractivity contribution in [3.8, 4) is 0 Å². The molecular weight excluding hydrogens is 250 g/mol. The van der Waals surface area contributed by atoms with Gasteiger partial charge in [0, 0.05) is 15.9 Å². The van der Waals surface area contributed by atoms with Gasteiger partial charge in [-0.15, -0.1) is 0 Å². The summed E-state index contributed by atoms with van der Waals surface area (Å²) in [4.78, 5) is 0. The third-order valence-corrected chi connectivity index (χ3v) is 4.19. The Balaban J connectivity index is 2.31. The highest BCUT2D eigenvalue weighted by atomic mass is 79.9. The number of hydrogen-bond donors (Lipinski definition) is 1. The zero-order valence-corrected chi connectivity index (χ0v) is 11.0. The normalized spacial score (nSPS) is 21.9. The fraction of sp³-hybridized carbons (Fsp3) is 0.538. The molecule has 1 aliphatic heterocycles. The Kier molecular flexibility index (Phi) is 3.17. The molecule has 1 saturated heterocycles. The molecule has 1 heterocycles. The first kappa shape index (κ1) is 11.2. The standard InChI is InChI=1S/C13H18BrN/c1-13(2,12-8-5-9-15-12)10-6-3-4-7-11(10)14/h3-4,6-7,12,15H,5,8-9H2,1-2H3. The van der Waals surface area contributed by atoms with E-state index in [1.807, 2.05) is 0 Å². The van der Waals surface area contributed by atoms with Crippen molar-refractivity contribution in [2.45, 2.75) is 38.1 Å². The lowest BCUT2D eigenvalue weighted by atomic mass is 9.77. The average Bonchev–Trinajstić information content (AvgIpc) is 2.71. The molecule has 1 fully saturated rings. The van der Waals surface area contributed by atoms with Crippen molar-refractivity contribution in [2.24, 2.45) is 0 Å². The highest BCUT2D eigenvalue weighted by molar-refractivity contribution is 9.10. The van der Waals surface area contributed by atoms with Crippen molar-refractivity contribution in [2.75, 3.05) is 6.54 Å². The Bertz CT molecular complexity index is 340. The van der Waals surface area contributed by atoms with Gasteiger partial charge in [-0.3, -0.25) is 0 Å². The van der Waals surface area contributed by atoms with Crippen LogP contribution < -0.4 is 5.32 Å². The van der Waals surface area contributed by atoms with E-state index in [1.54, 1.807) is 0 Å². The monoisotopic (exact) mass is 267 g/mol. The van der Waals surface area contributed by atoms with Gasteiger partial charge in [0.25, 0.3) is 0 Å². The Morgan fingerprint density at radius 3 is 2.67 bits per heavy atom. The van der Waals surface area contributed by atoms with E-state index in [1.165, 1.54) is 29.4 Å². The van der Waals surface area contributed by atoms with E-state index in [0.29, 0.717) is 6.04 Å². The SMILES string of the molecule is CC(C)(c1ccccc1Br)C1CCCN1. The third kappa shape index (κ3) is 2.11. The Morgan fingerprint density at radius 1 is 1.33 bits per heavy atom. The van der Waals surface area contributed by atoms with Gasteiger partial charge in [-0.2, -0.15) is 0 Å². The lowest BCUT2D eigenvalue weighted by Gasteiger charge is -2.33. The molecule has 82 valence electrons. The quantitative estimate of drug-likeness (QED) is 0.865. The molecular formula is C13H18BrN. The minimum atomic E-state index is 0.205. The summed E-state index contributed by atoms with van der Waals surface area (Å²) in [5.41, 5.74) is 1.61. The van der Waals surface area contributed by atoms with E-state index in [0.717, 1.165) is 0 Å². The van der Waals surface area contributed by atoms with Gasteiger partial charge in [0.15, 0.2) is 0 Å². The van der Waals surface area contributed by atoms with Crippen LogP contribution in [0.1, 0.15) is 32.3 Å². The number of benzene rings is 1. The van der Waals surface area contributed by atoms with Crippen LogP contribution in [0.4, 0.5) is 0 Å². The molecule has 0 amide bonds. The predicted molar refractivity (Wildman–Crippen MR) is 68.2 cm³/mol. The fourth-order valence-electron chi connectivity index (χ4n) is 2.47. The summed E-state index contributed by atoms with van der Waals surface area (Å²) in [6.07, 6.45) is 2.59. The minimum absolute atomic E-state index is 0.205. The van der Waals surface area contributed by atoms with Gasteiger partial charge in [-0.1, -0.05) is 48.0 Å². The maximum Gasteiger partial charge on any atom is 0.0213 e. The first-order valence-electron chi connectivity index (χ1n) is 5.61. The van der Waals surface area contributed by atoms with E-state index in [-0.39, 0.29) is 5.41 Å². The summed E-state index contributed by atoms with van der Waals surface area (Å²) in [6, 6.07) is 9.16. The summed E-state index contributed by atoms with van der Waals surface area (Å²) >= 11 is 3.65. The fourth-order valence-corrected chi connectivity index (χ4v) is 3.27. The number of halogens is 1. The zero-order chi connectivity index (χ0) is 10.9. The first-order chi connectivity index (χ1) is 7.12. The predicted octanol–water partition coefficient (Wildman–Crippen LogP) is 3.48. The molecule has 1 aromatic carbocycles. The van der Waals surface area contributed by atoms with Crippen LogP contribution in [0.15, 0.2) is 28.7 Å². The molecule has 0 bridgehead atoms. The van der Waals surface area contributed by atoms with Crippen LogP contribution in [0.5, 0.6) is 0 Å². The van der Waals surface area contributed by atoms with E-state index < -0.39 is 0 Å². The molecule has 1 N–H and O–H groups in total. The lowest BCUT2D eigenvalue weighted by Crippen LogP contribution is -2.40. The van der Waals surface area contributed by atoms with Crippen molar-refractivity contribution in [1.82, 2.24) is 5.32 Å². The maximum atomic E-state index is 3.65. The Hall–Kier alpha value is -0.340. The molecule has 1 unspecified atom stereocenters. The van der Waals surface area contributed by atoms with Crippen LogP contribution >= 0.6 is 15.9 Å². The average molecular weight is 268 g/mol. The first-order valence-corrected chi connectivity index (χ1v) is 6.40. The number of hydrogen-bond acceptors (Lipinski definition) is 1. The van der Waals surface area contributed by atoms with Gasteiger partial charge in [0.05, 0.1) is 0 Å². The molecule has 1 atom stereocenters. The van der Waals surface area contributed by atoms with Crippen LogP contribution in [0.2, 0.25) is 0 Å². The molecule has 0 aromatic heterocycles. The number of rotatable bonds is 2. The minimum Gasteiger partial charge on any atom is -0.313 e. The summed E-state index contributed by atoms with van der Waals surface area (Å²) < 4.78 is 1.23. The van der Waals surface area contributed by atoms with Gasteiger partial charge in [0.2, 0.25) is 0 Å². The molecule has 2 heteroatoms. The Labute approximate surface area is 100 Å². The van der Waals surface area contributed by atoms with Gasteiger partial charge in [0.1, 0.15) is 0 Å². The largest absolute Gasteiger partial charge is 0.313 e. The lowest BCUT2D eigenvalue weighted by molar-refractivity contribution is 0.376. The maximum absolute atomic E-state index is 3.65. The second kappa shape index (κ2) is 4.26. The van der Waals surface area contributed by atoms with Crippen molar-refractivity contribution < 1.29 is 0 Å². The van der Waals surface area contributed by atoms with Crippen LogP contribution in [0, 0.1) is 0 Å². The summed E-state index contributed by atoms with van der Waals surface area (Å²) in [6.45, 7) is 5.82. The van der Waals surface area contributed by atoms with Crippen molar-refractivity contribution in [1.29, 1.82) is 0 Å². The molecule has 2 rings (SSSR count). The van der Waals surface area contributed by atoms with Gasteiger partial charge in [-0.05, 0) is 31.0 Å². The summed E-state index contributed by atoms with van der Waals surface area (Å²) in [5.74, 6) is 0. The van der Waals surface area contributed by atoms with Crippen molar-refractivity contribution >= 4 is 15.9 Å².